The highest BCUT2D eigenvalue weighted by atomic mass is 32.2. The Labute approximate surface area is 194 Å². The van der Waals surface area contributed by atoms with Gasteiger partial charge in [0, 0.05) is 35.3 Å². The molecular weight excluding hydrogens is 446 g/mol. The zero-order chi connectivity index (χ0) is 22.7. The number of amides is 1. The van der Waals surface area contributed by atoms with Gasteiger partial charge >= 0.3 is 0 Å². The summed E-state index contributed by atoms with van der Waals surface area (Å²) in [5.74, 6) is 1.07. The monoisotopic (exact) mass is 471 g/mol. The molecule has 3 aromatic rings. The van der Waals surface area contributed by atoms with Crippen molar-refractivity contribution in [2.45, 2.75) is 37.4 Å². The van der Waals surface area contributed by atoms with Crippen molar-refractivity contribution in [1.82, 2.24) is 9.55 Å². The molecule has 0 bridgehead atoms. The number of fused-ring (bicyclic) bond motifs is 3. The fraction of sp³-hybridized carbons (Fsp3) is 0.348. The molecule has 0 saturated heterocycles. The fourth-order valence-corrected chi connectivity index (χ4v) is 5.94. The van der Waals surface area contributed by atoms with E-state index in [1.807, 2.05) is 0 Å². The third kappa shape index (κ3) is 4.54. The molecule has 1 aromatic carbocycles. The van der Waals surface area contributed by atoms with Crippen molar-refractivity contribution in [3.8, 4) is 11.5 Å². The van der Waals surface area contributed by atoms with E-state index < -0.39 is 0 Å². The molecule has 0 unspecified atom stereocenters. The zero-order valence-electron chi connectivity index (χ0n) is 18.1. The standard InChI is InChI=1S/C23H25N3O4S2/c1-4-9-26-22(28)20-17-7-5-6-8-18(17)32-21(20)25-23(26)31-13-19(27)24-14-10-15(29-2)12-16(11-14)30-3/h4,10-12H,1,5-9,13H2,2-3H3,(H,24,27). The van der Waals surface area contributed by atoms with Crippen molar-refractivity contribution >= 4 is 44.9 Å². The lowest BCUT2D eigenvalue weighted by atomic mass is 9.97. The van der Waals surface area contributed by atoms with Gasteiger partial charge in [-0.05, 0) is 31.2 Å². The number of benzene rings is 1. The molecule has 7 nitrogen and oxygen atoms in total. The van der Waals surface area contributed by atoms with Crippen LogP contribution in [0.1, 0.15) is 23.3 Å². The summed E-state index contributed by atoms with van der Waals surface area (Å²) in [5.41, 5.74) is 1.69. The fourth-order valence-electron chi connectivity index (χ4n) is 3.83. The van der Waals surface area contributed by atoms with Crippen molar-refractivity contribution < 1.29 is 14.3 Å². The van der Waals surface area contributed by atoms with E-state index >= 15 is 0 Å². The lowest BCUT2D eigenvalue weighted by Gasteiger charge is -2.13. The van der Waals surface area contributed by atoms with Gasteiger partial charge < -0.3 is 14.8 Å². The maximum absolute atomic E-state index is 13.3. The van der Waals surface area contributed by atoms with E-state index in [1.165, 1.54) is 16.6 Å². The van der Waals surface area contributed by atoms with Crippen LogP contribution in [0.5, 0.6) is 11.5 Å². The van der Waals surface area contributed by atoms with Gasteiger partial charge in [0.1, 0.15) is 16.3 Å². The predicted molar refractivity (Wildman–Crippen MR) is 130 cm³/mol. The van der Waals surface area contributed by atoms with Gasteiger partial charge in [-0.2, -0.15) is 0 Å². The second-order valence-corrected chi connectivity index (χ2v) is 9.45. The molecule has 0 spiro atoms. The highest BCUT2D eigenvalue weighted by Crippen LogP contribution is 2.34. The second-order valence-electron chi connectivity index (χ2n) is 7.43. The van der Waals surface area contributed by atoms with E-state index in [0.29, 0.717) is 28.9 Å². The topological polar surface area (TPSA) is 82.5 Å². The molecule has 1 aliphatic rings. The molecule has 2 aromatic heterocycles. The number of aryl methyl sites for hydroxylation is 2. The number of carbonyl (C=O) groups excluding carboxylic acids is 1. The third-order valence-electron chi connectivity index (χ3n) is 5.32. The Morgan fingerprint density at radius 2 is 1.97 bits per heavy atom. The minimum Gasteiger partial charge on any atom is -0.497 e. The molecule has 168 valence electrons. The number of hydrogen-bond donors (Lipinski definition) is 1. The summed E-state index contributed by atoms with van der Waals surface area (Å²) in [4.78, 5) is 32.7. The van der Waals surface area contributed by atoms with Crippen LogP contribution < -0.4 is 20.3 Å². The minimum atomic E-state index is -0.213. The molecular formula is C23H25N3O4S2. The first-order valence-electron chi connectivity index (χ1n) is 10.4. The van der Waals surface area contributed by atoms with Crippen LogP contribution >= 0.6 is 23.1 Å². The normalized spacial score (nSPS) is 12.9. The van der Waals surface area contributed by atoms with Gasteiger partial charge in [0.15, 0.2) is 5.16 Å². The summed E-state index contributed by atoms with van der Waals surface area (Å²) in [5, 5.41) is 4.12. The van der Waals surface area contributed by atoms with Crippen molar-refractivity contribution in [3.63, 3.8) is 0 Å². The average Bonchev–Trinajstić information content (AvgIpc) is 3.18. The Morgan fingerprint density at radius 3 is 2.66 bits per heavy atom. The lowest BCUT2D eigenvalue weighted by molar-refractivity contribution is -0.113. The van der Waals surface area contributed by atoms with Gasteiger partial charge in [-0.25, -0.2) is 4.98 Å². The van der Waals surface area contributed by atoms with E-state index in [0.717, 1.165) is 41.5 Å². The number of carbonyl (C=O) groups is 1. The molecule has 1 aliphatic carbocycles. The van der Waals surface area contributed by atoms with Crippen LogP contribution in [0.4, 0.5) is 5.69 Å². The molecule has 1 amide bonds. The lowest BCUT2D eigenvalue weighted by Crippen LogP contribution is -2.24. The molecule has 0 radical (unpaired) electrons. The molecule has 9 heteroatoms. The Balaban J connectivity index is 1.57. The highest BCUT2D eigenvalue weighted by Gasteiger charge is 2.22. The smallest absolute Gasteiger partial charge is 0.263 e. The van der Waals surface area contributed by atoms with Crippen LogP contribution in [0.15, 0.2) is 40.8 Å². The molecule has 32 heavy (non-hydrogen) atoms. The number of allylic oxidation sites excluding steroid dienone is 1. The van der Waals surface area contributed by atoms with Crippen molar-refractivity contribution in [2.24, 2.45) is 0 Å². The maximum Gasteiger partial charge on any atom is 0.263 e. The number of ether oxygens (including phenoxy) is 2. The summed E-state index contributed by atoms with van der Waals surface area (Å²) in [6.45, 7) is 4.13. The Morgan fingerprint density at radius 1 is 1.25 bits per heavy atom. The van der Waals surface area contributed by atoms with Crippen LogP contribution in [-0.4, -0.2) is 35.4 Å². The quantitative estimate of drug-likeness (QED) is 0.300. The Bertz CT molecular complexity index is 1210. The Kier molecular flexibility index (Phi) is 6.86. The van der Waals surface area contributed by atoms with Gasteiger partial charge in [0.05, 0.1) is 25.4 Å². The number of hydrogen-bond acceptors (Lipinski definition) is 7. The summed E-state index contributed by atoms with van der Waals surface area (Å²) in [6.07, 6.45) is 5.87. The zero-order valence-corrected chi connectivity index (χ0v) is 19.7. The van der Waals surface area contributed by atoms with E-state index in [-0.39, 0.29) is 17.2 Å². The first-order chi connectivity index (χ1) is 15.5. The van der Waals surface area contributed by atoms with Crippen LogP contribution in [-0.2, 0) is 24.2 Å². The van der Waals surface area contributed by atoms with Gasteiger partial charge in [0.25, 0.3) is 5.56 Å². The summed E-state index contributed by atoms with van der Waals surface area (Å²) in [7, 11) is 3.11. The van der Waals surface area contributed by atoms with Gasteiger partial charge in [-0.3, -0.25) is 14.2 Å². The number of methoxy groups -OCH3 is 2. The molecule has 0 saturated carbocycles. The number of nitrogens with one attached hydrogen (secondary N) is 1. The first-order valence-corrected chi connectivity index (χ1v) is 12.2. The van der Waals surface area contributed by atoms with Crippen molar-refractivity contribution in [1.29, 1.82) is 0 Å². The van der Waals surface area contributed by atoms with Crippen LogP contribution in [0, 0.1) is 0 Å². The second kappa shape index (κ2) is 9.79. The molecule has 0 atom stereocenters. The first kappa shape index (κ1) is 22.4. The average molecular weight is 472 g/mol. The van der Waals surface area contributed by atoms with Crippen LogP contribution in [0.25, 0.3) is 10.2 Å². The number of thiophene rings is 1. The van der Waals surface area contributed by atoms with Gasteiger partial charge in [0.2, 0.25) is 5.91 Å². The van der Waals surface area contributed by atoms with Crippen molar-refractivity contribution in [2.75, 3.05) is 25.3 Å². The van der Waals surface area contributed by atoms with E-state index in [2.05, 4.69) is 11.9 Å². The molecule has 0 fully saturated rings. The van der Waals surface area contributed by atoms with Crippen molar-refractivity contribution in [3.05, 3.63) is 51.6 Å². The number of nitrogens with zero attached hydrogens (tertiary/aromatic N) is 2. The van der Waals surface area contributed by atoms with Crippen LogP contribution in [0.3, 0.4) is 0 Å². The Hall–Kier alpha value is -2.78. The van der Waals surface area contributed by atoms with E-state index in [1.54, 1.807) is 54.4 Å². The number of aromatic nitrogens is 2. The maximum atomic E-state index is 13.3. The molecule has 4 rings (SSSR count). The summed E-state index contributed by atoms with van der Waals surface area (Å²) >= 11 is 2.85. The predicted octanol–water partition coefficient (Wildman–Crippen LogP) is 4.27. The highest BCUT2D eigenvalue weighted by molar-refractivity contribution is 7.99. The van der Waals surface area contributed by atoms with Crippen LogP contribution in [0.2, 0.25) is 0 Å². The van der Waals surface area contributed by atoms with E-state index in [9.17, 15) is 9.59 Å². The largest absolute Gasteiger partial charge is 0.497 e. The van der Waals surface area contributed by atoms with E-state index in [4.69, 9.17) is 14.5 Å². The summed E-state index contributed by atoms with van der Waals surface area (Å²) in [6, 6.07) is 5.18. The number of thioether (sulfide) groups is 1. The number of anilines is 1. The van der Waals surface area contributed by atoms with Gasteiger partial charge in [-0.15, -0.1) is 17.9 Å². The number of rotatable bonds is 8. The summed E-state index contributed by atoms with van der Waals surface area (Å²) < 4.78 is 12.1. The molecule has 0 aliphatic heterocycles. The molecule has 1 N–H and O–H groups in total. The SMILES string of the molecule is C=CCn1c(SCC(=O)Nc2cc(OC)cc(OC)c2)nc2sc3c(c2c1=O)CCCC3. The molecule has 2 heterocycles. The minimum absolute atomic E-state index is 0.0465. The van der Waals surface area contributed by atoms with Gasteiger partial charge in [-0.1, -0.05) is 17.8 Å². The third-order valence-corrected chi connectivity index (χ3v) is 7.48.